The summed E-state index contributed by atoms with van der Waals surface area (Å²) < 4.78 is 0. The summed E-state index contributed by atoms with van der Waals surface area (Å²) in [5.41, 5.74) is 0.744. The second-order valence-corrected chi connectivity index (χ2v) is 9.20. The van der Waals surface area contributed by atoms with Gasteiger partial charge in [0.2, 0.25) is 6.10 Å². The van der Waals surface area contributed by atoms with Gasteiger partial charge in [-0.1, -0.05) is 56.1 Å². The van der Waals surface area contributed by atoms with Crippen LogP contribution in [0.15, 0.2) is 23.4 Å². The summed E-state index contributed by atoms with van der Waals surface area (Å²) in [6, 6.07) is 4.13. The molecule has 31 heavy (non-hydrogen) atoms. The van der Waals surface area contributed by atoms with Gasteiger partial charge >= 0.3 is 7.12 Å². The molecule has 2 amide bonds. The Labute approximate surface area is 192 Å². The average Bonchev–Trinajstić information content (AvgIpc) is 3.16. The Morgan fingerprint density at radius 1 is 1.23 bits per heavy atom. The molecule has 170 valence electrons. The van der Waals surface area contributed by atoms with Crippen LogP contribution in [-0.2, 0) is 9.63 Å². The third-order valence-corrected chi connectivity index (χ3v) is 5.45. The maximum Gasteiger partial charge on any atom is 0.475 e. The van der Waals surface area contributed by atoms with Gasteiger partial charge in [0.1, 0.15) is 0 Å². The summed E-state index contributed by atoms with van der Waals surface area (Å²) in [4.78, 5) is 30.6. The van der Waals surface area contributed by atoms with Crippen molar-refractivity contribution in [2.75, 3.05) is 0 Å². The molecule has 1 heterocycles. The van der Waals surface area contributed by atoms with Gasteiger partial charge in [0.15, 0.2) is 0 Å². The molecule has 0 bridgehead atoms. The normalized spacial score (nSPS) is 17.7. The van der Waals surface area contributed by atoms with Crippen molar-refractivity contribution in [3.05, 3.63) is 33.8 Å². The Balaban J connectivity index is 2.05. The summed E-state index contributed by atoms with van der Waals surface area (Å²) in [5, 5.41) is 29.2. The predicted molar refractivity (Wildman–Crippen MR) is 121 cm³/mol. The minimum atomic E-state index is -1.68. The molecule has 3 atom stereocenters. The molecule has 2 rings (SSSR count). The second kappa shape index (κ2) is 11.2. The van der Waals surface area contributed by atoms with Gasteiger partial charge in [-0.15, -0.1) is 0 Å². The third kappa shape index (κ3) is 7.10. The molecule has 1 aliphatic rings. The highest BCUT2D eigenvalue weighted by Gasteiger charge is 2.36. The van der Waals surface area contributed by atoms with Gasteiger partial charge in [0.25, 0.3) is 11.8 Å². The number of halogens is 2. The molecule has 8 nitrogen and oxygen atoms in total. The highest BCUT2D eigenvalue weighted by Crippen LogP contribution is 2.22. The number of nitrogens with one attached hydrogen (secondary N) is 2. The fourth-order valence-corrected chi connectivity index (χ4v) is 3.66. The first-order chi connectivity index (χ1) is 14.5. The average molecular weight is 472 g/mol. The van der Waals surface area contributed by atoms with Crippen LogP contribution in [0.25, 0.3) is 0 Å². The summed E-state index contributed by atoms with van der Waals surface area (Å²) in [7, 11) is -1.68. The molecule has 1 unspecified atom stereocenters. The number of hydrogen-bond donors (Lipinski definition) is 4. The first-order valence-corrected chi connectivity index (χ1v) is 10.9. The minimum Gasteiger partial charge on any atom is -0.426 e. The number of oxime groups is 1. The van der Waals surface area contributed by atoms with E-state index >= 15 is 0 Å². The molecule has 0 radical (unpaired) electrons. The molecule has 0 aliphatic carbocycles. The predicted octanol–water partition coefficient (Wildman–Crippen LogP) is 2.44. The Hall–Kier alpha value is -1.81. The van der Waals surface area contributed by atoms with Gasteiger partial charge in [-0.3, -0.25) is 9.59 Å². The van der Waals surface area contributed by atoms with Gasteiger partial charge in [-0.05, 0) is 36.5 Å². The van der Waals surface area contributed by atoms with Crippen LogP contribution in [-0.4, -0.2) is 52.8 Å². The summed E-state index contributed by atoms with van der Waals surface area (Å²) in [6.07, 6.45) is -0.361. The zero-order valence-electron chi connectivity index (χ0n) is 17.9. The van der Waals surface area contributed by atoms with Gasteiger partial charge in [-0.2, -0.15) is 0 Å². The van der Waals surface area contributed by atoms with E-state index in [1.807, 2.05) is 27.7 Å². The molecular weight excluding hydrogens is 444 g/mol. The Morgan fingerprint density at radius 3 is 2.48 bits per heavy atom. The highest BCUT2D eigenvalue weighted by molar-refractivity contribution is 6.43. The first kappa shape index (κ1) is 25.5. The zero-order chi connectivity index (χ0) is 23.3. The fourth-order valence-electron chi connectivity index (χ4n) is 3.28. The standard InChI is InChI=1S/C20H28BCl2N3O5/c1-10(2)7-17(21(29)30)24-20(28)16-9-15(26-31-16)18(11(3)4)25-19(27)13-8-12(22)5-6-14(13)23/h5-6,8,10-11,16-18,29-30H,7,9H2,1-4H3,(H,24,28)(H,25,27)/t16?,17-,18-/m0/s1. The topological polar surface area (TPSA) is 120 Å². The minimum absolute atomic E-state index is 0.0426. The lowest BCUT2D eigenvalue weighted by molar-refractivity contribution is -0.131. The van der Waals surface area contributed by atoms with Crippen molar-refractivity contribution in [3.8, 4) is 0 Å². The van der Waals surface area contributed by atoms with E-state index in [1.54, 1.807) is 12.1 Å². The van der Waals surface area contributed by atoms with Gasteiger partial charge < -0.3 is 25.5 Å². The lowest BCUT2D eigenvalue weighted by Crippen LogP contribution is -2.51. The van der Waals surface area contributed by atoms with Crippen LogP contribution in [0.4, 0.5) is 0 Å². The van der Waals surface area contributed by atoms with Crippen molar-refractivity contribution in [1.29, 1.82) is 0 Å². The Bertz CT molecular complexity index is 835. The number of amides is 2. The molecule has 0 saturated heterocycles. The van der Waals surface area contributed by atoms with Crippen LogP contribution in [0, 0.1) is 11.8 Å². The van der Waals surface area contributed by atoms with Crippen molar-refractivity contribution >= 4 is 47.8 Å². The number of carbonyl (C=O) groups excluding carboxylic acids is 2. The van der Waals surface area contributed by atoms with Crippen LogP contribution >= 0.6 is 23.2 Å². The lowest BCUT2D eigenvalue weighted by Gasteiger charge is -2.23. The number of hydrogen-bond acceptors (Lipinski definition) is 6. The largest absolute Gasteiger partial charge is 0.475 e. The van der Waals surface area contributed by atoms with E-state index in [0.717, 1.165) is 0 Å². The van der Waals surface area contributed by atoms with Gasteiger partial charge in [-0.25, -0.2) is 0 Å². The number of benzene rings is 1. The van der Waals surface area contributed by atoms with Crippen LogP contribution < -0.4 is 10.6 Å². The van der Waals surface area contributed by atoms with Crippen molar-refractivity contribution in [3.63, 3.8) is 0 Å². The van der Waals surface area contributed by atoms with E-state index < -0.39 is 37.0 Å². The van der Waals surface area contributed by atoms with Gasteiger partial charge in [0, 0.05) is 11.4 Å². The maximum absolute atomic E-state index is 12.7. The molecule has 0 spiro atoms. The molecule has 4 N–H and O–H groups in total. The molecule has 1 aliphatic heterocycles. The van der Waals surface area contributed by atoms with E-state index in [9.17, 15) is 19.6 Å². The van der Waals surface area contributed by atoms with Crippen molar-refractivity contribution < 1.29 is 24.5 Å². The van der Waals surface area contributed by atoms with Crippen LogP contribution in [0.1, 0.15) is 50.9 Å². The Kier molecular flexibility index (Phi) is 9.18. The third-order valence-electron chi connectivity index (χ3n) is 4.88. The summed E-state index contributed by atoms with van der Waals surface area (Å²) >= 11 is 12.1. The number of rotatable bonds is 9. The van der Waals surface area contributed by atoms with E-state index in [-0.39, 0.29) is 28.8 Å². The molecule has 0 aromatic heterocycles. The van der Waals surface area contributed by atoms with Crippen LogP contribution in [0.5, 0.6) is 0 Å². The lowest BCUT2D eigenvalue weighted by atomic mass is 9.75. The van der Waals surface area contributed by atoms with E-state index in [1.165, 1.54) is 6.07 Å². The van der Waals surface area contributed by atoms with Crippen molar-refractivity contribution in [2.45, 2.75) is 58.6 Å². The van der Waals surface area contributed by atoms with Crippen LogP contribution in [0.3, 0.4) is 0 Å². The molecule has 11 heteroatoms. The molecular formula is C20H28BCl2N3O5. The molecule has 0 saturated carbocycles. The smallest absolute Gasteiger partial charge is 0.426 e. The Morgan fingerprint density at radius 2 is 1.90 bits per heavy atom. The monoisotopic (exact) mass is 471 g/mol. The quantitative estimate of drug-likeness (QED) is 0.412. The highest BCUT2D eigenvalue weighted by atomic mass is 35.5. The van der Waals surface area contributed by atoms with E-state index in [0.29, 0.717) is 17.2 Å². The number of carbonyl (C=O) groups is 2. The molecule has 0 fully saturated rings. The fraction of sp³-hybridized carbons (Fsp3) is 0.550. The van der Waals surface area contributed by atoms with Crippen LogP contribution in [0.2, 0.25) is 10.0 Å². The van der Waals surface area contributed by atoms with E-state index in [4.69, 9.17) is 28.0 Å². The maximum atomic E-state index is 12.7. The molecule has 1 aromatic rings. The van der Waals surface area contributed by atoms with E-state index in [2.05, 4.69) is 15.8 Å². The summed E-state index contributed by atoms with van der Waals surface area (Å²) in [6.45, 7) is 7.64. The zero-order valence-corrected chi connectivity index (χ0v) is 19.4. The number of nitrogens with zero attached hydrogens (tertiary/aromatic N) is 1. The first-order valence-electron chi connectivity index (χ1n) is 10.1. The SMILES string of the molecule is CC(C)C[C@H](NC(=O)C1CC([C@@H](NC(=O)c2cc(Cl)ccc2Cl)C(C)C)=NO1)B(O)O. The second-order valence-electron chi connectivity index (χ2n) is 8.36. The molecule has 1 aromatic carbocycles. The van der Waals surface area contributed by atoms with Gasteiger partial charge in [0.05, 0.1) is 28.3 Å². The summed E-state index contributed by atoms with van der Waals surface area (Å²) in [5.74, 6) is -1.61. The van der Waals surface area contributed by atoms with Crippen molar-refractivity contribution in [1.82, 2.24) is 10.6 Å². The van der Waals surface area contributed by atoms with Crippen molar-refractivity contribution in [2.24, 2.45) is 17.0 Å².